The van der Waals surface area contributed by atoms with Gasteiger partial charge in [0.25, 0.3) is 5.91 Å². The number of fused-ring (bicyclic) bond motifs is 1. The Hall–Kier alpha value is -2.31. The van der Waals surface area contributed by atoms with E-state index >= 15 is 0 Å². The molecular weight excluding hydrogens is 472 g/mol. The number of ether oxygens (including phenoxy) is 1. The standard InChI is InChI=1S/C22H34N6O4SSi/c1-28-8-7-16-18(12-28)33-21(26-16)19(29)25-17-11-14(20-23-13-24-32-20)5-6-15(17)27-22(30)31-9-10-34(2,3)4/h13-15,17H,5-12H2,1-4H3,(H,25,29)(H,27,30)/t14-,15-,17-/m0/s1. The van der Waals surface area contributed by atoms with E-state index in [1.54, 1.807) is 0 Å². The zero-order valence-electron chi connectivity index (χ0n) is 20.3. The van der Waals surface area contributed by atoms with Crippen LogP contribution < -0.4 is 10.6 Å². The molecule has 1 aliphatic heterocycles. The Kier molecular flexibility index (Phi) is 7.68. The lowest BCUT2D eigenvalue weighted by Gasteiger charge is -2.35. The molecule has 3 atom stereocenters. The van der Waals surface area contributed by atoms with Gasteiger partial charge in [-0.1, -0.05) is 24.8 Å². The van der Waals surface area contributed by atoms with Gasteiger partial charge in [0.2, 0.25) is 5.89 Å². The molecule has 10 nitrogen and oxygen atoms in total. The van der Waals surface area contributed by atoms with E-state index in [2.05, 4.69) is 57.3 Å². The summed E-state index contributed by atoms with van der Waals surface area (Å²) in [5, 5.41) is 10.3. The number of thiazole rings is 1. The molecule has 0 spiro atoms. The van der Waals surface area contributed by atoms with E-state index in [9.17, 15) is 9.59 Å². The third-order valence-corrected chi connectivity index (χ3v) is 9.18. The molecule has 0 bridgehead atoms. The number of rotatable bonds is 7. The lowest BCUT2D eigenvalue weighted by atomic mass is 9.82. The average molecular weight is 507 g/mol. The minimum absolute atomic E-state index is 0.0203. The highest BCUT2D eigenvalue weighted by molar-refractivity contribution is 7.13. The smallest absolute Gasteiger partial charge is 0.407 e. The van der Waals surface area contributed by atoms with Crippen molar-refractivity contribution in [3.63, 3.8) is 0 Å². The second-order valence-corrected chi connectivity index (χ2v) is 17.1. The molecule has 2 aliphatic rings. The Labute approximate surface area is 204 Å². The van der Waals surface area contributed by atoms with Crippen LogP contribution in [0, 0.1) is 0 Å². The lowest BCUT2D eigenvalue weighted by Crippen LogP contribution is -2.54. The maximum Gasteiger partial charge on any atom is 0.407 e. The van der Waals surface area contributed by atoms with Gasteiger partial charge in [-0.3, -0.25) is 4.79 Å². The minimum atomic E-state index is -1.29. The van der Waals surface area contributed by atoms with Crippen molar-refractivity contribution >= 4 is 31.4 Å². The van der Waals surface area contributed by atoms with E-state index in [-0.39, 0.29) is 23.9 Å². The van der Waals surface area contributed by atoms with E-state index < -0.39 is 14.2 Å². The summed E-state index contributed by atoms with van der Waals surface area (Å²) in [6.45, 7) is 8.90. The molecule has 4 rings (SSSR count). The Bertz CT molecular complexity index is 992. The fraction of sp³-hybridized carbons (Fsp3) is 0.682. The number of carbonyl (C=O) groups is 2. The number of aromatic nitrogens is 3. The largest absolute Gasteiger partial charge is 0.450 e. The molecule has 2 aromatic rings. The first-order valence-electron chi connectivity index (χ1n) is 11.9. The number of likely N-dealkylation sites (N-methyl/N-ethyl adjacent to an activating group) is 1. The second kappa shape index (κ2) is 10.5. The van der Waals surface area contributed by atoms with Crippen molar-refractivity contribution in [3.8, 4) is 0 Å². The Morgan fingerprint density at radius 3 is 2.82 bits per heavy atom. The van der Waals surface area contributed by atoms with E-state index in [0.29, 0.717) is 30.3 Å². The molecule has 2 N–H and O–H groups in total. The molecule has 3 heterocycles. The van der Waals surface area contributed by atoms with Crippen molar-refractivity contribution in [2.45, 2.75) is 75.9 Å². The first-order valence-corrected chi connectivity index (χ1v) is 16.4. The third kappa shape index (κ3) is 6.42. The fourth-order valence-electron chi connectivity index (χ4n) is 4.38. The van der Waals surface area contributed by atoms with Crippen LogP contribution in [0.3, 0.4) is 0 Å². The molecule has 1 saturated carbocycles. The first kappa shape index (κ1) is 24.8. The monoisotopic (exact) mass is 506 g/mol. The molecule has 0 radical (unpaired) electrons. The number of nitrogens with one attached hydrogen (secondary N) is 2. The van der Waals surface area contributed by atoms with Crippen LogP contribution in [0.1, 0.15) is 51.4 Å². The van der Waals surface area contributed by atoms with Gasteiger partial charge in [0.05, 0.1) is 24.4 Å². The number of carbonyl (C=O) groups excluding carboxylic acids is 2. The predicted molar refractivity (Wildman–Crippen MR) is 131 cm³/mol. The van der Waals surface area contributed by atoms with Gasteiger partial charge in [-0.15, -0.1) is 11.3 Å². The topological polar surface area (TPSA) is 122 Å². The number of amides is 2. The molecule has 1 fully saturated rings. The van der Waals surface area contributed by atoms with Crippen LogP contribution in [-0.4, -0.2) is 72.4 Å². The second-order valence-electron chi connectivity index (χ2n) is 10.4. The minimum Gasteiger partial charge on any atom is -0.450 e. The Morgan fingerprint density at radius 2 is 2.09 bits per heavy atom. The van der Waals surface area contributed by atoms with Crippen molar-refractivity contribution in [2.24, 2.45) is 0 Å². The average Bonchev–Trinajstić information content (AvgIpc) is 3.43. The SMILES string of the molecule is CN1CCc2nc(C(=O)N[C@H]3C[C@@H](c4ncno4)CC[C@@H]3NC(=O)OCC[Si](C)(C)C)sc2C1. The summed E-state index contributed by atoms with van der Waals surface area (Å²) in [6.07, 6.45) is 3.83. The Morgan fingerprint density at radius 1 is 1.26 bits per heavy atom. The Balaban J connectivity index is 1.42. The molecule has 0 unspecified atom stereocenters. The normalized spacial score (nSPS) is 23.2. The molecule has 2 aromatic heterocycles. The van der Waals surface area contributed by atoms with Gasteiger partial charge >= 0.3 is 6.09 Å². The van der Waals surface area contributed by atoms with Crippen LogP contribution in [0.2, 0.25) is 25.7 Å². The van der Waals surface area contributed by atoms with Crippen molar-refractivity contribution in [1.82, 2.24) is 30.7 Å². The van der Waals surface area contributed by atoms with Crippen molar-refractivity contribution in [3.05, 3.63) is 27.8 Å². The summed E-state index contributed by atoms with van der Waals surface area (Å²) < 4.78 is 10.7. The summed E-state index contributed by atoms with van der Waals surface area (Å²) in [4.78, 5) is 37.8. The third-order valence-electron chi connectivity index (χ3n) is 6.40. The van der Waals surface area contributed by atoms with E-state index in [0.717, 1.165) is 42.5 Å². The summed E-state index contributed by atoms with van der Waals surface area (Å²) >= 11 is 1.45. The highest BCUT2D eigenvalue weighted by Gasteiger charge is 2.36. The van der Waals surface area contributed by atoms with Gasteiger partial charge in [-0.2, -0.15) is 4.98 Å². The van der Waals surface area contributed by atoms with Gasteiger partial charge in [0.1, 0.15) is 0 Å². The van der Waals surface area contributed by atoms with Crippen molar-refractivity contribution < 1.29 is 18.8 Å². The van der Waals surface area contributed by atoms with Crippen molar-refractivity contribution in [2.75, 3.05) is 20.2 Å². The summed E-state index contributed by atoms with van der Waals surface area (Å²) in [5.74, 6) is 0.368. The first-order chi connectivity index (χ1) is 16.2. The highest BCUT2D eigenvalue weighted by atomic mass is 32.1. The fourth-order valence-corrected chi connectivity index (χ4v) is 6.19. The number of alkyl carbamates (subject to hydrolysis) is 1. The van der Waals surface area contributed by atoms with Gasteiger partial charge < -0.3 is 24.8 Å². The van der Waals surface area contributed by atoms with Gasteiger partial charge in [-0.25, -0.2) is 9.78 Å². The number of hydrogen-bond donors (Lipinski definition) is 2. The maximum atomic E-state index is 13.2. The van der Waals surface area contributed by atoms with Crippen LogP contribution in [0.4, 0.5) is 4.79 Å². The summed E-state index contributed by atoms with van der Waals surface area (Å²) in [7, 11) is 0.778. The van der Waals surface area contributed by atoms with Crippen LogP contribution >= 0.6 is 11.3 Å². The quantitative estimate of drug-likeness (QED) is 0.550. The zero-order valence-corrected chi connectivity index (χ0v) is 22.1. The van der Waals surface area contributed by atoms with Crippen LogP contribution in [0.25, 0.3) is 0 Å². The molecule has 34 heavy (non-hydrogen) atoms. The predicted octanol–water partition coefficient (Wildman–Crippen LogP) is 3.01. The van der Waals surface area contributed by atoms with Crippen molar-refractivity contribution in [1.29, 1.82) is 0 Å². The number of hydrogen-bond acceptors (Lipinski definition) is 9. The van der Waals surface area contributed by atoms with Crippen LogP contribution in [0.15, 0.2) is 10.9 Å². The van der Waals surface area contributed by atoms with E-state index in [1.807, 2.05) is 0 Å². The van der Waals surface area contributed by atoms with Gasteiger partial charge in [0, 0.05) is 38.4 Å². The maximum absolute atomic E-state index is 13.2. The van der Waals surface area contributed by atoms with E-state index in [4.69, 9.17) is 9.26 Å². The van der Waals surface area contributed by atoms with Crippen LogP contribution in [0.5, 0.6) is 0 Å². The molecule has 0 aromatic carbocycles. The number of nitrogens with zero attached hydrogens (tertiary/aromatic N) is 4. The van der Waals surface area contributed by atoms with Gasteiger partial charge in [0.15, 0.2) is 11.3 Å². The molecule has 0 saturated heterocycles. The molecular formula is C22H34N6O4SSi. The molecule has 1 aliphatic carbocycles. The van der Waals surface area contributed by atoms with Crippen LogP contribution in [-0.2, 0) is 17.7 Å². The summed E-state index contributed by atoms with van der Waals surface area (Å²) in [6, 6.07) is 0.364. The van der Waals surface area contributed by atoms with Gasteiger partial charge in [-0.05, 0) is 32.4 Å². The summed E-state index contributed by atoms with van der Waals surface area (Å²) in [5.41, 5.74) is 1.02. The zero-order chi connectivity index (χ0) is 24.3. The molecule has 2 amide bonds. The molecule has 12 heteroatoms. The van der Waals surface area contributed by atoms with E-state index in [1.165, 1.54) is 17.7 Å². The highest BCUT2D eigenvalue weighted by Crippen LogP contribution is 2.33. The lowest BCUT2D eigenvalue weighted by molar-refractivity contribution is 0.0897. The molecule has 186 valence electrons.